The summed E-state index contributed by atoms with van der Waals surface area (Å²) >= 11 is 4.27. The first kappa shape index (κ1) is 11.1. The fourth-order valence-electron chi connectivity index (χ4n) is 2.41. The number of rotatable bonds is 4. The second-order valence-electron chi connectivity index (χ2n) is 5.22. The molecule has 2 fully saturated rings. The quantitative estimate of drug-likeness (QED) is 0.787. The van der Waals surface area contributed by atoms with Gasteiger partial charge >= 0.3 is 0 Å². The first-order valence-electron chi connectivity index (χ1n) is 6.34. The summed E-state index contributed by atoms with van der Waals surface area (Å²) in [7, 11) is 0. The average Bonchev–Trinajstić information content (AvgIpc) is 3.16. The molecule has 0 atom stereocenters. The highest BCUT2D eigenvalue weighted by Crippen LogP contribution is 2.44. The first-order chi connectivity index (χ1) is 8.24. The predicted molar refractivity (Wildman–Crippen MR) is 70.4 cm³/mol. The summed E-state index contributed by atoms with van der Waals surface area (Å²) in [6.45, 7) is 0. The Morgan fingerprint density at radius 1 is 1.24 bits per heavy atom. The molecule has 1 aromatic carbocycles. The number of hydrogen-bond acceptors (Lipinski definition) is 2. The van der Waals surface area contributed by atoms with Gasteiger partial charge in [-0.25, -0.2) is 0 Å². The highest BCUT2D eigenvalue weighted by molar-refractivity contribution is 7.80. The third-order valence-electron chi connectivity index (χ3n) is 3.67. The molecule has 1 amide bonds. The van der Waals surface area contributed by atoms with Crippen LogP contribution >= 0.6 is 12.6 Å². The minimum atomic E-state index is 0.0599. The Morgan fingerprint density at radius 2 is 1.88 bits per heavy atom. The molecule has 0 spiro atoms. The zero-order chi connectivity index (χ0) is 11.8. The van der Waals surface area contributed by atoms with Crippen LogP contribution in [0.1, 0.15) is 36.0 Å². The number of amides is 1. The summed E-state index contributed by atoms with van der Waals surface area (Å²) in [5, 5.41) is 3.21. The normalized spacial score (nSPS) is 19.4. The molecule has 0 aliphatic heterocycles. The number of hydrogen-bond donors (Lipinski definition) is 2. The number of carbonyl (C=O) groups excluding carboxylic acids is 1. The van der Waals surface area contributed by atoms with E-state index in [-0.39, 0.29) is 5.91 Å². The number of carbonyl (C=O) groups is 1. The van der Waals surface area contributed by atoms with E-state index < -0.39 is 0 Å². The lowest BCUT2D eigenvalue weighted by atomic mass is 10.1. The van der Waals surface area contributed by atoms with Gasteiger partial charge in [0, 0.05) is 16.5 Å². The van der Waals surface area contributed by atoms with Crippen LogP contribution in [0.5, 0.6) is 0 Å². The van der Waals surface area contributed by atoms with Crippen molar-refractivity contribution >= 4 is 18.5 Å². The van der Waals surface area contributed by atoms with Gasteiger partial charge < -0.3 is 5.32 Å². The van der Waals surface area contributed by atoms with E-state index in [9.17, 15) is 4.79 Å². The topological polar surface area (TPSA) is 29.1 Å². The molecule has 3 heteroatoms. The molecular weight excluding hydrogens is 230 g/mol. The van der Waals surface area contributed by atoms with Gasteiger partial charge in [0.2, 0.25) is 0 Å². The Hall–Kier alpha value is -0.960. The maximum Gasteiger partial charge on any atom is 0.251 e. The van der Waals surface area contributed by atoms with Gasteiger partial charge in [-0.05, 0) is 55.7 Å². The van der Waals surface area contributed by atoms with Gasteiger partial charge in [0.15, 0.2) is 0 Å². The summed E-state index contributed by atoms with van der Waals surface area (Å²) in [4.78, 5) is 13.0. The van der Waals surface area contributed by atoms with Crippen molar-refractivity contribution in [2.45, 2.75) is 36.6 Å². The Bertz CT molecular complexity index is 426. The summed E-state index contributed by atoms with van der Waals surface area (Å²) in [6.07, 6.45) is 5.14. The van der Waals surface area contributed by atoms with Crippen LogP contribution in [0, 0.1) is 11.8 Å². The molecule has 2 saturated carbocycles. The van der Waals surface area contributed by atoms with Crippen LogP contribution in [0.4, 0.5) is 0 Å². The molecule has 0 heterocycles. The Morgan fingerprint density at radius 3 is 2.41 bits per heavy atom. The van der Waals surface area contributed by atoms with Crippen LogP contribution in [0.15, 0.2) is 29.2 Å². The summed E-state index contributed by atoms with van der Waals surface area (Å²) < 4.78 is 0. The van der Waals surface area contributed by atoms with Crippen molar-refractivity contribution < 1.29 is 4.79 Å². The lowest BCUT2D eigenvalue weighted by Gasteiger charge is -2.17. The standard InChI is InChI=1S/C14H17NOS/c16-14(11-2-1-3-12(17)8-11)15-13(9-4-5-9)10-6-7-10/h1-3,8-10,13,17H,4-7H2,(H,15,16). The molecule has 0 saturated heterocycles. The minimum absolute atomic E-state index is 0.0599. The van der Waals surface area contributed by atoms with E-state index >= 15 is 0 Å². The van der Waals surface area contributed by atoms with Crippen molar-refractivity contribution in [3.8, 4) is 0 Å². The zero-order valence-electron chi connectivity index (χ0n) is 9.73. The van der Waals surface area contributed by atoms with Gasteiger partial charge in [0.05, 0.1) is 0 Å². The molecule has 0 bridgehead atoms. The molecular formula is C14H17NOS. The lowest BCUT2D eigenvalue weighted by Crippen LogP contribution is -2.38. The Kier molecular flexibility index (Phi) is 2.87. The van der Waals surface area contributed by atoms with E-state index in [4.69, 9.17) is 0 Å². The van der Waals surface area contributed by atoms with E-state index in [0.717, 1.165) is 22.3 Å². The van der Waals surface area contributed by atoms with Gasteiger partial charge in [-0.15, -0.1) is 12.6 Å². The van der Waals surface area contributed by atoms with Gasteiger partial charge in [-0.3, -0.25) is 4.79 Å². The van der Waals surface area contributed by atoms with Crippen molar-refractivity contribution in [3.63, 3.8) is 0 Å². The van der Waals surface area contributed by atoms with Crippen molar-refractivity contribution in [1.82, 2.24) is 5.32 Å². The van der Waals surface area contributed by atoms with Gasteiger partial charge in [-0.2, -0.15) is 0 Å². The average molecular weight is 247 g/mol. The second-order valence-corrected chi connectivity index (χ2v) is 5.74. The molecule has 0 radical (unpaired) electrons. The maximum atomic E-state index is 12.1. The van der Waals surface area contributed by atoms with Gasteiger partial charge in [-0.1, -0.05) is 6.07 Å². The zero-order valence-corrected chi connectivity index (χ0v) is 10.6. The molecule has 2 aliphatic carbocycles. The molecule has 2 nitrogen and oxygen atoms in total. The first-order valence-corrected chi connectivity index (χ1v) is 6.78. The Balaban J connectivity index is 1.69. The summed E-state index contributed by atoms with van der Waals surface area (Å²) in [5.74, 6) is 1.54. The van der Waals surface area contributed by atoms with Gasteiger partial charge in [0.1, 0.15) is 0 Å². The third kappa shape index (κ3) is 2.65. The monoisotopic (exact) mass is 247 g/mol. The number of nitrogens with one attached hydrogen (secondary N) is 1. The fourth-order valence-corrected chi connectivity index (χ4v) is 2.64. The fraction of sp³-hybridized carbons (Fsp3) is 0.500. The molecule has 3 rings (SSSR count). The summed E-state index contributed by atoms with van der Waals surface area (Å²) in [5.41, 5.74) is 0.726. The van der Waals surface area contributed by atoms with Crippen molar-refractivity contribution in [2.24, 2.45) is 11.8 Å². The lowest BCUT2D eigenvalue weighted by molar-refractivity contribution is 0.0926. The molecule has 0 unspecified atom stereocenters. The van der Waals surface area contributed by atoms with Crippen molar-refractivity contribution in [1.29, 1.82) is 0 Å². The molecule has 17 heavy (non-hydrogen) atoms. The minimum Gasteiger partial charge on any atom is -0.349 e. The van der Waals surface area contributed by atoms with Crippen LogP contribution in [0.3, 0.4) is 0 Å². The summed E-state index contributed by atoms with van der Waals surface area (Å²) in [6, 6.07) is 7.87. The van der Waals surface area contributed by atoms with E-state index in [2.05, 4.69) is 17.9 Å². The van der Waals surface area contributed by atoms with Crippen LogP contribution < -0.4 is 5.32 Å². The van der Waals surface area contributed by atoms with E-state index in [1.54, 1.807) is 0 Å². The number of benzene rings is 1. The van der Waals surface area contributed by atoms with E-state index in [0.29, 0.717) is 6.04 Å². The number of thiol groups is 1. The van der Waals surface area contributed by atoms with Crippen molar-refractivity contribution in [3.05, 3.63) is 29.8 Å². The maximum absolute atomic E-state index is 12.1. The predicted octanol–water partition coefficient (Wildman–Crippen LogP) is 2.89. The molecule has 2 aliphatic rings. The highest BCUT2D eigenvalue weighted by atomic mass is 32.1. The van der Waals surface area contributed by atoms with Crippen molar-refractivity contribution in [2.75, 3.05) is 0 Å². The van der Waals surface area contributed by atoms with Crippen LogP contribution in [-0.2, 0) is 0 Å². The van der Waals surface area contributed by atoms with Crippen LogP contribution in [0.2, 0.25) is 0 Å². The molecule has 1 aromatic rings. The molecule has 90 valence electrons. The largest absolute Gasteiger partial charge is 0.349 e. The highest BCUT2D eigenvalue weighted by Gasteiger charge is 2.42. The van der Waals surface area contributed by atoms with E-state index in [1.807, 2.05) is 24.3 Å². The third-order valence-corrected chi connectivity index (χ3v) is 3.94. The van der Waals surface area contributed by atoms with E-state index in [1.165, 1.54) is 25.7 Å². The van der Waals surface area contributed by atoms with Crippen LogP contribution in [0.25, 0.3) is 0 Å². The van der Waals surface area contributed by atoms with Gasteiger partial charge in [0.25, 0.3) is 5.91 Å². The SMILES string of the molecule is O=C(NC(C1CC1)C1CC1)c1cccc(S)c1. The molecule has 1 N–H and O–H groups in total. The van der Waals surface area contributed by atoms with Crippen LogP contribution in [-0.4, -0.2) is 11.9 Å². The smallest absolute Gasteiger partial charge is 0.251 e. The molecule has 0 aromatic heterocycles. The second kappa shape index (κ2) is 4.37. The Labute approximate surface area is 107 Å².